The molecule has 1 aliphatic rings. The molecule has 0 bridgehead atoms. The van der Waals surface area contributed by atoms with Crippen molar-refractivity contribution < 1.29 is 9.59 Å². The van der Waals surface area contributed by atoms with Crippen molar-refractivity contribution >= 4 is 11.8 Å². The summed E-state index contributed by atoms with van der Waals surface area (Å²) in [6.07, 6.45) is 1.69. The summed E-state index contributed by atoms with van der Waals surface area (Å²) in [6, 6.07) is 0.0263. The van der Waals surface area contributed by atoms with Crippen LogP contribution in [0.25, 0.3) is 0 Å². The SMILES string of the molecule is CC(=O)N(C(C)C)C1CCN(C(=O)C(C)N)CC1. The van der Waals surface area contributed by atoms with Gasteiger partial charge in [0.15, 0.2) is 0 Å². The van der Waals surface area contributed by atoms with Crippen molar-refractivity contribution in [1.82, 2.24) is 9.80 Å². The minimum absolute atomic E-state index is 0.00683. The molecule has 0 saturated carbocycles. The summed E-state index contributed by atoms with van der Waals surface area (Å²) in [5, 5.41) is 0. The first-order chi connectivity index (χ1) is 8.34. The highest BCUT2D eigenvalue weighted by Gasteiger charge is 2.30. The van der Waals surface area contributed by atoms with E-state index >= 15 is 0 Å². The van der Waals surface area contributed by atoms with Crippen LogP contribution in [0.1, 0.15) is 40.5 Å². The Labute approximate surface area is 109 Å². The fourth-order valence-electron chi connectivity index (χ4n) is 2.69. The molecular formula is C13H25N3O2. The standard InChI is InChI=1S/C13H25N3O2/c1-9(2)16(11(4)17)12-5-7-15(8-6-12)13(18)10(3)14/h9-10,12H,5-8,14H2,1-4H3. The molecule has 1 rings (SSSR count). The van der Waals surface area contributed by atoms with Crippen LogP contribution >= 0.6 is 0 Å². The zero-order valence-corrected chi connectivity index (χ0v) is 11.8. The second-order valence-electron chi connectivity index (χ2n) is 5.37. The Kier molecular flexibility index (Phi) is 5.14. The summed E-state index contributed by atoms with van der Waals surface area (Å²) in [4.78, 5) is 27.1. The smallest absolute Gasteiger partial charge is 0.239 e. The lowest BCUT2D eigenvalue weighted by molar-refractivity contribution is -0.137. The Morgan fingerprint density at radius 1 is 1.22 bits per heavy atom. The Morgan fingerprint density at radius 3 is 2.06 bits per heavy atom. The van der Waals surface area contributed by atoms with Crippen molar-refractivity contribution in [2.45, 2.75) is 58.7 Å². The van der Waals surface area contributed by atoms with E-state index in [0.717, 1.165) is 12.8 Å². The van der Waals surface area contributed by atoms with Crippen LogP contribution in [0.4, 0.5) is 0 Å². The molecule has 1 unspecified atom stereocenters. The maximum Gasteiger partial charge on any atom is 0.239 e. The van der Waals surface area contributed by atoms with Gasteiger partial charge in [-0.05, 0) is 33.6 Å². The average molecular weight is 255 g/mol. The molecule has 2 amide bonds. The van der Waals surface area contributed by atoms with E-state index in [1.165, 1.54) is 0 Å². The largest absolute Gasteiger partial charge is 0.341 e. The maximum atomic E-state index is 11.8. The molecule has 5 heteroatoms. The number of nitrogens with two attached hydrogens (primary N) is 1. The van der Waals surface area contributed by atoms with Crippen molar-refractivity contribution in [3.63, 3.8) is 0 Å². The molecule has 0 spiro atoms. The number of likely N-dealkylation sites (tertiary alicyclic amines) is 1. The first-order valence-electron chi connectivity index (χ1n) is 6.67. The third-order valence-corrected chi connectivity index (χ3v) is 3.48. The first kappa shape index (κ1) is 15.0. The third kappa shape index (κ3) is 3.45. The number of rotatable bonds is 3. The van der Waals surface area contributed by atoms with Crippen LogP contribution in [0.15, 0.2) is 0 Å². The Morgan fingerprint density at radius 2 is 1.72 bits per heavy atom. The van der Waals surface area contributed by atoms with Crippen LogP contribution in [0.5, 0.6) is 0 Å². The number of nitrogens with zero attached hydrogens (tertiary/aromatic N) is 2. The number of carbonyl (C=O) groups excluding carboxylic acids is 2. The van der Waals surface area contributed by atoms with E-state index in [2.05, 4.69) is 0 Å². The van der Waals surface area contributed by atoms with Gasteiger partial charge in [-0.2, -0.15) is 0 Å². The van der Waals surface area contributed by atoms with Crippen LogP contribution in [0.3, 0.4) is 0 Å². The molecule has 0 radical (unpaired) electrons. The summed E-state index contributed by atoms with van der Waals surface area (Å²) < 4.78 is 0. The van der Waals surface area contributed by atoms with E-state index in [0.29, 0.717) is 13.1 Å². The normalized spacial score (nSPS) is 18.9. The minimum atomic E-state index is -0.435. The Hall–Kier alpha value is -1.10. The van der Waals surface area contributed by atoms with E-state index in [4.69, 9.17) is 5.73 Å². The predicted molar refractivity (Wildman–Crippen MR) is 70.9 cm³/mol. The Bertz CT molecular complexity index is 307. The van der Waals surface area contributed by atoms with Gasteiger partial charge in [0, 0.05) is 32.1 Å². The van der Waals surface area contributed by atoms with Crippen molar-refractivity contribution in [1.29, 1.82) is 0 Å². The highest BCUT2D eigenvalue weighted by Crippen LogP contribution is 2.19. The van der Waals surface area contributed by atoms with Crippen molar-refractivity contribution in [3.05, 3.63) is 0 Å². The molecule has 5 nitrogen and oxygen atoms in total. The number of amides is 2. The average Bonchev–Trinajstić information content (AvgIpc) is 2.28. The highest BCUT2D eigenvalue weighted by atomic mass is 16.2. The second-order valence-corrected chi connectivity index (χ2v) is 5.37. The van der Waals surface area contributed by atoms with Crippen molar-refractivity contribution in [2.75, 3.05) is 13.1 Å². The molecular weight excluding hydrogens is 230 g/mol. The molecule has 0 aliphatic carbocycles. The zero-order valence-electron chi connectivity index (χ0n) is 11.8. The Balaban J connectivity index is 2.58. The van der Waals surface area contributed by atoms with Crippen LogP contribution in [0.2, 0.25) is 0 Å². The second kappa shape index (κ2) is 6.18. The monoisotopic (exact) mass is 255 g/mol. The lowest BCUT2D eigenvalue weighted by Gasteiger charge is -2.40. The molecule has 104 valence electrons. The van der Waals surface area contributed by atoms with E-state index in [9.17, 15) is 9.59 Å². The molecule has 1 atom stereocenters. The van der Waals surface area contributed by atoms with Crippen LogP contribution in [0, 0.1) is 0 Å². The molecule has 18 heavy (non-hydrogen) atoms. The quantitative estimate of drug-likeness (QED) is 0.802. The van der Waals surface area contributed by atoms with Crippen LogP contribution in [-0.2, 0) is 9.59 Å². The maximum absolute atomic E-state index is 11.8. The molecule has 1 heterocycles. The van der Waals surface area contributed by atoms with Crippen molar-refractivity contribution in [3.8, 4) is 0 Å². The van der Waals surface area contributed by atoms with Gasteiger partial charge in [0.05, 0.1) is 6.04 Å². The van der Waals surface area contributed by atoms with Gasteiger partial charge in [-0.15, -0.1) is 0 Å². The summed E-state index contributed by atoms with van der Waals surface area (Å²) >= 11 is 0. The summed E-state index contributed by atoms with van der Waals surface area (Å²) in [5.41, 5.74) is 5.60. The van der Waals surface area contributed by atoms with Gasteiger partial charge in [-0.3, -0.25) is 9.59 Å². The van der Waals surface area contributed by atoms with E-state index in [-0.39, 0.29) is 23.9 Å². The number of carbonyl (C=O) groups is 2. The molecule has 1 fully saturated rings. The van der Waals surface area contributed by atoms with Gasteiger partial charge in [0.25, 0.3) is 0 Å². The molecule has 1 aliphatic heterocycles. The van der Waals surface area contributed by atoms with Gasteiger partial charge in [-0.1, -0.05) is 0 Å². The van der Waals surface area contributed by atoms with E-state index < -0.39 is 6.04 Å². The lowest BCUT2D eigenvalue weighted by atomic mass is 10.0. The highest BCUT2D eigenvalue weighted by molar-refractivity contribution is 5.81. The third-order valence-electron chi connectivity index (χ3n) is 3.48. The zero-order chi connectivity index (χ0) is 13.9. The molecule has 2 N–H and O–H groups in total. The van der Waals surface area contributed by atoms with Gasteiger partial charge >= 0.3 is 0 Å². The first-order valence-corrected chi connectivity index (χ1v) is 6.67. The fraction of sp³-hybridized carbons (Fsp3) is 0.846. The van der Waals surface area contributed by atoms with Gasteiger partial charge in [-0.25, -0.2) is 0 Å². The summed E-state index contributed by atoms with van der Waals surface area (Å²) in [7, 11) is 0. The number of hydrogen-bond donors (Lipinski definition) is 1. The van der Waals surface area contributed by atoms with Gasteiger partial charge in [0.2, 0.25) is 11.8 Å². The van der Waals surface area contributed by atoms with Gasteiger partial charge < -0.3 is 15.5 Å². The molecule has 0 aromatic carbocycles. The minimum Gasteiger partial charge on any atom is -0.341 e. The molecule has 0 aromatic heterocycles. The summed E-state index contributed by atoms with van der Waals surface area (Å²) in [6.45, 7) is 8.77. The predicted octanol–water partition coefficient (Wildman–Crippen LogP) is 0.582. The van der Waals surface area contributed by atoms with Crippen LogP contribution in [-0.4, -0.2) is 52.8 Å². The summed E-state index contributed by atoms with van der Waals surface area (Å²) in [5.74, 6) is 0.120. The topological polar surface area (TPSA) is 66.6 Å². The molecule has 1 saturated heterocycles. The fourth-order valence-corrected chi connectivity index (χ4v) is 2.69. The van der Waals surface area contributed by atoms with Gasteiger partial charge in [0.1, 0.15) is 0 Å². The lowest BCUT2D eigenvalue weighted by Crippen LogP contribution is -2.52. The number of piperidine rings is 1. The number of hydrogen-bond acceptors (Lipinski definition) is 3. The van der Waals surface area contributed by atoms with Crippen molar-refractivity contribution in [2.24, 2.45) is 5.73 Å². The van der Waals surface area contributed by atoms with E-state index in [1.54, 1.807) is 18.7 Å². The molecule has 0 aromatic rings. The van der Waals surface area contributed by atoms with Crippen LogP contribution < -0.4 is 5.73 Å². The van der Waals surface area contributed by atoms with E-state index in [1.807, 2.05) is 18.7 Å².